The number of hydrogen-bond donors (Lipinski definition) is 1. The predicted molar refractivity (Wildman–Crippen MR) is 76.0 cm³/mol. The van der Waals surface area contributed by atoms with Crippen molar-refractivity contribution in [2.75, 3.05) is 13.2 Å². The maximum Gasteiger partial charge on any atom is 0.220 e. The minimum Gasteiger partial charge on any atom is -0.486 e. The van der Waals surface area contributed by atoms with Crippen LogP contribution in [0.5, 0.6) is 11.5 Å². The molecule has 4 nitrogen and oxygen atoms in total. The Kier molecular flexibility index (Phi) is 3.55. The SMILES string of the molecule is CCC(=O)NC1(c2ccc3c(c2)OCCO3)CCCC1. The van der Waals surface area contributed by atoms with Crippen molar-refractivity contribution in [3.63, 3.8) is 0 Å². The third-order valence-corrected chi connectivity index (χ3v) is 4.25. The van der Waals surface area contributed by atoms with Crippen molar-refractivity contribution in [1.82, 2.24) is 5.32 Å². The van der Waals surface area contributed by atoms with Gasteiger partial charge in [-0.25, -0.2) is 0 Å². The van der Waals surface area contributed by atoms with E-state index in [9.17, 15) is 4.79 Å². The highest BCUT2D eigenvalue weighted by Crippen LogP contribution is 2.42. The molecular formula is C16H21NO3. The highest BCUT2D eigenvalue weighted by Gasteiger charge is 2.37. The molecular weight excluding hydrogens is 254 g/mol. The van der Waals surface area contributed by atoms with Crippen molar-refractivity contribution in [2.24, 2.45) is 0 Å². The van der Waals surface area contributed by atoms with Crippen LogP contribution in [0.2, 0.25) is 0 Å². The molecule has 4 heteroatoms. The smallest absolute Gasteiger partial charge is 0.220 e. The second kappa shape index (κ2) is 5.35. The van der Waals surface area contributed by atoms with Gasteiger partial charge >= 0.3 is 0 Å². The van der Waals surface area contributed by atoms with Gasteiger partial charge in [-0.05, 0) is 30.5 Å². The van der Waals surface area contributed by atoms with E-state index >= 15 is 0 Å². The zero-order valence-corrected chi connectivity index (χ0v) is 11.9. The van der Waals surface area contributed by atoms with Crippen molar-refractivity contribution in [1.29, 1.82) is 0 Å². The van der Waals surface area contributed by atoms with Gasteiger partial charge in [-0.1, -0.05) is 25.8 Å². The molecule has 108 valence electrons. The number of carbonyl (C=O) groups is 1. The minimum absolute atomic E-state index is 0.113. The lowest BCUT2D eigenvalue weighted by Gasteiger charge is -2.32. The van der Waals surface area contributed by atoms with Gasteiger partial charge in [0.05, 0.1) is 5.54 Å². The number of amides is 1. The van der Waals surface area contributed by atoms with Crippen LogP contribution < -0.4 is 14.8 Å². The first kappa shape index (κ1) is 13.3. The summed E-state index contributed by atoms with van der Waals surface area (Å²) in [7, 11) is 0. The fraction of sp³-hybridized carbons (Fsp3) is 0.562. The van der Waals surface area contributed by atoms with Gasteiger partial charge in [0.1, 0.15) is 13.2 Å². The van der Waals surface area contributed by atoms with E-state index in [2.05, 4.69) is 11.4 Å². The molecule has 0 saturated heterocycles. The average Bonchev–Trinajstić information content (AvgIpc) is 2.96. The van der Waals surface area contributed by atoms with Crippen LogP contribution >= 0.6 is 0 Å². The van der Waals surface area contributed by atoms with Crippen LogP contribution in [0, 0.1) is 0 Å². The Morgan fingerprint density at radius 1 is 1.20 bits per heavy atom. The summed E-state index contributed by atoms with van der Waals surface area (Å²) in [6, 6.07) is 6.06. The Labute approximate surface area is 119 Å². The first-order chi connectivity index (χ1) is 9.73. The molecule has 0 bridgehead atoms. The van der Waals surface area contributed by atoms with E-state index in [1.807, 2.05) is 19.1 Å². The molecule has 1 heterocycles. The van der Waals surface area contributed by atoms with E-state index in [1.54, 1.807) is 0 Å². The molecule has 0 spiro atoms. The second-order valence-corrected chi connectivity index (χ2v) is 5.55. The number of carbonyl (C=O) groups excluding carboxylic acids is 1. The Hall–Kier alpha value is -1.71. The summed E-state index contributed by atoms with van der Waals surface area (Å²) in [4.78, 5) is 11.9. The Bertz CT molecular complexity index is 506. The monoisotopic (exact) mass is 275 g/mol. The molecule has 1 fully saturated rings. The van der Waals surface area contributed by atoms with E-state index in [1.165, 1.54) is 0 Å². The van der Waals surface area contributed by atoms with Crippen LogP contribution in [-0.4, -0.2) is 19.1 Å². The quantitative estimate of drug-likeness (QED) is 0.922. The van der Waals surface area contributed by atoms with Crippen molar-refractivity contribution >= 4 is 5.91 Å². The topological polar surface area (TPSA) is 47.6 Å². The first-order valence-corrected chi connectivity index (χ1v) is 7.45. The molecule has 1 aromatic carbocycles. The summed E-state index contributed by atoms with van der Waals surface area (Å²) in [5, 5.41) is 3.23. The Balaban J connectivity index is 1.93. The van der Waals surface area contributed by atoms with E-state index in [0.29, 0.717) is 19.6 Å². The molecule has 0 unspecified atom stereocenters. The van der Waals surface area contributed by atoms with Gasteiger partial charge in [-0.3, -0.25) is 4.79 Å². The largest absolute Gasteiger partial charge is 0.486 e. The number of ether oxygens (including phenoxy) is 2. The molecule has 2 aliphatic rings. The maximum atomic E-state index is 11.9. The first-order valence-electron chi connectivity index (χ1n) is 7.45. The lowest BCUT2D eigenvalue weighted by molar-refractivity contribution is -0.122. The fourth-order valence-electron chi connectivity index (χ4n) is 3.16. The third kappa shape index (κ3) is 2.35. The molecule has 0 atom stereocenters. The van der Waals surface area contributed by atoms with Crippen LogP contribution in [0.15, 0.2) is 18.2 Å². The molecule has 1 aliphatic carbocycles. The van der Waals surface area contributed by atoms with Gasteiger partial charge in [0.2, 0.25) is 5.91 Å². The summed E-state index contributed by atoms with van der Waals surface area (Å²) in [6.45, 7) is 3.08. The standard InChI is InChI=1S/C16H21NO3/c1-2-15(18)17-16(7-3-4-8-16)12-5-6-13-14(11-12)20-10-9-19-13/h5-6,11H,2-4,7-10H2,1H3,(H,17,18). The average molecular weight is 275 g/mol. The van der Waals surface area contributed by atoms with Crippen LogP contribution in [0.1, 0.15) is 44.6 Å². The number of fused-ring (bicyclic) bond motifs is 1. The summed E-state index contributed by atoms with van der Waals surface area (Å²) >= 11 is 0. The van der Waals surface area contributed by atoms with Gasteiger partial charge < -0.3 is 14.8 Å². The van der Waals surface area contributed by atoms with Gasteiger partial charge in [0.15, 0.2) is 11.5 Å². The van der Waals surface area contributed by atoms with E-state index in [-0.39, 0.29) is 11.4 Å². The summed E-state index contributed by atoms with van der Waals surface area (Å²) in [5.74, 6) is 1.71. The predicted octanol–water partition coefficient (Wildman–Crippen LogP) is 2.75. The summed E-state index contributed by atoms with van der Waals surface area (Å²) in [6.07, 6.45) is 4.82. The molecule has 3 rings (SSSR count). The third-order valence-electron chi connectivity index (χ3n) is 4.25. The maximum absolute atomic E-state index is 11.9. The molecule has 1 saturated carbocycles. The molecule has 0 aromatic heterocycles. The van der Waals surface area contributed by atoms with Crippen LogP contribution in [0.3, 0.4) is 0 Å². The van der Waals surface area contributed by atoms with Crippen molar-refractivity contribution < 1.29 is 14.3 Å². The minimum atomic E-state index is -0.219. The molecule has 1 aromatic rings. The van der Waals surface area contributed by atoms with Crippen LogP contribution in [-0.2, 0) is 10.3 Å². The van der Waals surface area contributed by atoms with E-state index < -0.39 is 0 Å². The normalized spacial score (nSPS) is 19.6. The highest BCUT2D eigenvalue weighted by molar-refractivity contribution is 5.76. The second-order valence-electron chi connectivity index (χ2n) is 5.55. The molecule has 1 amide bonds. The lowest BCUT2D eigenvalue weighted by Crippen LogP contribution is -2.43. The summed E-state index contributed by atoms with van der Waals surface area (Å²) < 4.78 is 11.2. The Morgan fingerprint density at radius 2 is 1.90 bits per heavy atom. The molecule has 0 radical (unpaired) electrons. The van der Waals surface area contributed by atoms with Gasteiger partial charge in [0, 0.05) is 6.42 Å². The number of nitrogens with one attached hydrogen (secondary N) is 1. The fourth-order valence-corrected chi connectivity index (χ4v) is 3.16. The number of benzene rings is 1. The zero-order valence-electron chi connectivity index (χ0n) is 11.9. The molecule has 1 aliphatic heterocycles. The zero-order chi connectivity index (χ0) is 14.0. The molecule has 20 heavy (non-hydrogen) atoms. The number of hydrogen-bond acceptors (Lipinski definition) is 3. The summed E-state index contributed by atoms with van der Waals surface area (Å²) in [5.41, 5.74) is 0.921. The van der Waals surface area contributed by atoms with Crippen molar-refractivity contribution in [3.8, 4) is 11.5 Å². The van der Waals surface area contributed by atoms with Crippen molar-refractivity contribution in [2.45, 2.75) is 44.6 Å². The Morgan fingerprint density at radius 3 is 2.60 bits per heavy atom. The molecule has 1 N–H and O–H groups in total. The van der Waals surface area contributed by atoms with E-state index in [0.717, 1.165) is 42.7 Å². The van der Waals surface area contributed by atoms with Gasteiger partial charge in [0.25, 0.3) is 0 Å². The van der Waals surface area contributed by atoms with Crippen molar-refractivity contribution in [3.05, 3.63) is 23.8 Å². The highest BCUT2D eigenvalue weighted by atomic mass is 16.6. The lowest BCUT2D eigenvalue weighted by atomic mass is 9.87. The van der Waals surface area contributed by atoms with Gasteiger partial charge in [-0.15, -0.1) is 0 Å². The van der Waals surface area contributed by atoms with Crippen LogP contribution in [0.4, 0.5) is 0 Å². The van der Waals surface area contributed by atoms with Gasteiger partial charge in [-0.2, -0.15) is 0 Å². The van der Waals surface area contributed by atoms with Crippen LogP contribution in [0.25, 0.3) is 0 Å². The number of rotatable bonds is 3. The van der Waals surface area contributed by atoms with E-state index in [4.69, 9.17) is 9.47 Å².